The number of nitrogens with one attached hydrogen (secondary N) is 1. The Labute approximate surface area is 140 Å². The van der Waals surface area contributed by atoms with Gasteiger partial charge in [-0.1, -0.05) is 0 Å². The van der Waals surface area contributed by atoms with Gasteiger partial charge in [-0.3, -0.25) is 9.67 Å². The first-order chi connectivity index (χ1) is 11.0. The summed E-state index contributed by atoms with van der Waals surface area (Å²) in [5.74, 6) is 1.74. The van der Waals surface area contributed by atoms with E-state index in [4.69, 9.17) is 16.6 Å². The summed E-state index contributed by atoms with van der Waals surface area (Å²) in [5, 5.41) is 7.17. The van der Waals surface area contributed by atoms with Gasteiger partial charge in [-0.15, -0.1) is 0 Å². The van der Waals surface area contributed by atoms with Crippen LogP contribution < -0.4 is 0 Å². The summed E-state index contributed by atoms with van der Waals surface area (Å²) in [6.45, 7) is 3.20. The SMILES string of the molecule is CCS(=O)(=O)N1CCC[C@@H](c2n[nH]c(=S)n2Cc2ccco2)C1. The molecule has 0 saturated carbocycles. The molecule has 1 aliphatic heterocycles. The van der Waals surface area contributed by atoms with E-state index in [1.54, 1.807) is 17.5 Å². The molecule has 3 heterocycles. The van der Waals surface area contributed by atoms with Crippen LogP contribution in [0.3, 0.4) is 0 Å². The topological polar surface area (TPSA) is 84.1 Å². The lowest BCUT2D eigenvalue weighted by Gasteiger charge is -2.31. The van der Waals surface area contributed by atoms with Gasteiger partial charge in [0.05, 0.1) is 18.6 Å². The number of aromatic nitrogens is 3. The minimum atomic E-state index is -3.18. The third-order valence-electron chi connectivity index (χ3n) is 4.19. The van der Waals surface area contributed by atoms with Gasteiger partial charge in [0.1, 0.15) is 11.6 Å². The number of piperidine rings is 1. The third-order valence-corrected chi connectivity index (χ3v) is 6.35. The van der Waals surface area contributed by atoms with Crippen molar-refractivity contribution in [3.63, 3.8) is 0 Å². The monoisotopic (exact) mass is 356 g/mol. The molecule has 126 valence electrons. The van der Waals surface area contributed by atoms with Crippen molar-refractivity contribution in [2.24, 2.45) is 0 Å². The number of furan rings is 1. The van der Waals surface area contributed by atoms with Crippen LogP contribution >= 0.6 is 12.2 Å². The second-order valence-corrected chi connectivity index (χ2v) is 8.29. The van der Waals surface area contributed by atoms with Crippen molar-refractivity contribution in [3.8, 4) is 0 Å². The zero-order valence-corrected chi connectivity index (χ0v) is 14.6. The zero-order chi connectivity index (χ0) is 16.4. The average molecular weight is 356 g/mol. The van der Waals surface area contributed by atoms with Gasteiger partial charge in [0.25, 0.3) is 0 Å². The molecule has 1 N–H and O–H groups in total. The van der Waals surface area contributed by atoms with Crippen LogP contribution in [0.4, 0.5) is 0 Å². The summed E-state index contributed by atoms with van der Waals surface area (Å²) in [5.41, 5.74) is 0. The quantitative estimate of drug-likeness (QED) is 0.830. The Kier molecular flexibility index (Phi) is 4.69. The van der Waals surface area contributed by atoms with E-state index in [1.165, 1.54) is 0 Å². The highest BCUT2D eigenvalue weighted by atomic mass is 32.2. The summed E-state index contributed by atoms with van der Waals surface area (Å²) in [6, 6.07) is 3.71. The van der Waals surface area contributed by atoms with Gasteiger partial charge in [0.15, 0.2) is 4.77 Å². The Hall–Kier alpha value is -1.45. The van der Waals surface area contributed by atoms with Gasteiger partial charge in [0.2, 0.25) is 10.0 Å². The van der Waals surface area contributed by atoms with Gasteiger partial charge >= 0.3 is 0 Å². The standard InChI is InChI=1S/C14H20N4O3S2/c1-2-23(19,20)17-7-3-5-11(9-17)13-15-16-14(22)18(13)10-12-6-4-8-21-12/h4,6,8,11H,2-3,5,7,9-10H2,1H3,(H,16,22)/t11-/m1/s1. The Balaban J connectivity index is 1.86. The molecule has 0 amide bonds. The molecule has 1 saturated heterocycles. The van der Waals surface area contributed by atoms with Gasteiger partial charge in [-0.2, -0.15) is 5.10 Å². The maximum Gasteiger partial charge on any atom is 0.213 e. The van der Waals surface area contributed by atoms with Crippen LogP contribution in [0.15, 0.2) is 22.8 Å². The van der Waals surface area contributed by atoms with E-state index < -0.39 is 10.0 Å². The molecule has 0 aromatic carbocycles. The van der Waals surface area contributed by atoms with E-state index in [2.05, 4.69) is 10.2 Å². The highest BCUT2D eigenvalue weighted by Gasteiger charge is 2.31. The first-order valence-electron chi connectivity index (χ1n) is 7.66. The van der Waals surface area contributed by atoms with Gasteiger partial charge in [-0.25, -0.2) is 12.7 Å². The summed E-state index contributed by atoms with van der Waals surface area (Å²) >= 11 is 5.31. The Morgan fingerprint density at radius 1 is 1.52 bits per heavy atom. The minimum absolute atomic E-state index is 0.0352. The predicted octanol–water partition coefficient (Wildman–Crippen LogP) is 2.11. The number of hydrogen-bond donors (Lipinski definition) is 1. The number of H-pyrrole nitrogens is 1. The molecule has 0 radical (unpaired) electrons. The summed E-state index contributed by atoms with van der Waals surface area (Å²) in [6.07, 6.45) is 3.34. The molecule has 1 aliphatic rings. The normalized spacial score (nSPS) is 20.0. The van der Waals surface area contributed by atoms with Gasteiger partial charge < -0.3 is 4.42 Å². The molecule has 0 aliphatic carbocycles. The second kappa shape index (κ2) is 6.58. The smallest absolute Gasteiger partial charge is 0.213 e. The molecule has 23 heavy (non-hydrogen) atoms. The molecule has 1 atom stereocenters. The van der Waals surface area contributed by atoms with Crippen molar-refractivity contribution in [2.45, 2.75) is 32.2 Å². The van der Waals surface area contributed by atoms with Gasteiger partial charge in [-0.05, 0) is 44.1 Å². The van der Waals surface area contributed by atoms with E-state index in [0.717, 1.165) is 24.4 Å². The van der Waals surface area contributed by atoms with Crippen LogP contribution in [0, 0.1) is 4.77 Å². The number of nitrogens with zero attached hydrogens (tertiary/aromatic N) is 3. The lowest BCUT2D eigenvalue weighted by molar-refractivity contribution is 0.304. The van der Waals surface area contributed by atoms with Crippen molar-refractivity contribution >= 4 is 22.2 Å². The van der Waals surface area contributed by atoms with Crippen LogP contribution in [0.5, 0.6) is 0 Å². The molecule has 2 aromatic heterocycles. The third kappa shape index (κ3) is 3.41. The molecule has 0 bridgehead atoms. The van der Waals surface area contributed by atoms with Crippen molar-refractivity contribution < 1.29 is 12.8 Å². The molecule has 7 nitrogen and oxygen atoms in total. The maximum absolute atomic E-state index is 12.1. The number of hydrogen-bond acceptors (Lipinski definition) is 5. The first-order valence-corrected chi connectivity index (χ1v) is 9.68. The Bertz CT molecular complexity index is 807. The minimum Gasteiger partial charge on any atom is -0.467 e. The van der Waals surface area contributed by atoms with E-state index in [9.17, 15) is 8.42 Å². The second-order valence-electron chi connectivity index (χ2n) is 5.65. The molecule has 2 aromatic rings. The maximum atomic E-state index is 12.1. The van der Waals surface area contributed by atoms with Crippen molar-refractivity contribution in [1.29, 1.82) is 0 Å². The van der Waals surface area contributed by atoms with Crippen LogP contribution in [0.1, 0.15) is 37.3 Å². The van der Waals surface area contributed by atoms with Crippen LogP contribution in [0.25, 0.3) is 0 Å². The highest BCUT2D eigenvalue weighted by molar-refractivity contribution is 7.89. The van der Waals surface area contributed by atoms with Crippen molar-refractivity contribution in [1.82, 2.24) is 19.1 Å². The summed E-state index contributed by atoms with van der Waals surface area (Å²) < 4.78 is 33.6. The lowest BCUT2D eigenvalue weighted by atomic mass is 9.99. The summed E-state index contributed by atoms with van der Waals surface area (Å²) in [7, 11) is -3.18. The molecule has 1 fully saturated rings. The van der Waals surface area contributed by atoms with Crippen molar-refractivity contribution in [2.75, 3.05) is 18.8 Å². The lowest BCUT2D eigenvalue weighted by Crippen LogP contribution is -2.40. The van der Waals surface area contributed by atoms with E-state index in [1.807, 2.05) is 16.7 Å². The van der Waals surface area contributed by atoms with Crippen LogP contribution in [-0.4, -0.2) is 46.3 Å². The van der Waals surface area contributed by atoms with Gasteiger partial charge in [0, 0.05) is 19.0 Å². The van der Waals surface area contributed by atoms with E-state index in [-0.39, 0.29) is 11.7 Å². The molecule has 3 rings (SSSR count). The fourth-order valence-corrected chi connectivity index (χ4v) is 4.32. The van der Waals surface area contributed by atoms with E-state index >= 15 is 0 Å². The number of rotatable bonds is 5. The predicted molar refractivity (Wildman–Crippen MR) is 88.2 cm³/mol. The molecule has 9 heteroatoms. The number of sulfonamides is 1. The first kappa shape index (κ1) is 16.4. The largest absolute Gasteiger partial charge is 0.467 e. The fraction of sp³-hybridized carbons (Fsp3) is 0.571. The summed E-state index contributed by atoms with van der Waals surface area (Å²) in [4.78, 5) is 0. The highest BCUT2D eigenvalue weighted by Crippen LogP contribution is 2.27. The molecular weight excluding hydrogens is 336 g/mol. The molecular formula is C14H20N4O3S2. The number of aromatic amines is 1. The zero-order valence-electron chi connectivity index (χ0n) is 12.9. The Morgan fingerprint density at radius 2 is 2.35 bits per heavy atom. The molecule has 0 spiro atoms. The van der Waals surface area contributed by atoms with Crippen LogP contribution in [0.2, 0.25) is 0 Å². The molecule has 0 unspecified atom stereocenters. The Morgan fingerprint density at radius 3 is 3.04 bits per heavy atom. The van der Waals surface area contributed by atoms with Crippen molar-refractivity contribution in [3.05, 3.63) is 34.8 Å². The average Bonchev–Trinajstić information content (AvgIpc) is 3.19. The fourth-order valence-electron chi connectivity index (χ4n) is 2.94. The van der Waals surface area contributed by atoms with Crippen LogP contribution in [-0.2, 0) is 16.6 Å². The van der Waals surface area contributed by atoms with E-state index in [0.29, 0.717) is 24.4 Å².